The molecule has 0 spiro atoms. The summed E-state index contributed by atoms with van der Waals surface area (Å²) in [5.41, 5.74) is -0.285. The molecule has 1 aromatic carbocycles. The number of aromatic nitrogens is 2. The molecule has 0 saturated carbocycles. The van der Waals surface area contributed by atoms with Crippen molar-refractivity contribution in [2.24, 2.45) is 0 Å². The van der Waals surface area contributed by atoms with E-state index in [2.05, 4.69) is 26.1 Å². The SMILES string of the molecule is CC(C)(O)c1nnc(-c2ccc(Br)cc2)o1. The van der Waals surface area contributed by atoms with Crippen molar-refractivity contribution in [1.29, 1.82) is 0 Å². The van der Waals surface area contributed by atoms with E-state index in [4.69, 9.17) is 4.42 Å². The first-order valence-corrected chi connectivity index (χ1v) is 5.58. The summed E-state index contributed by atoms with van der Waals surface area (Å²) in [5.74, 6) is 0.620. The van der Waals surface area contributed by atoms with Gasteiger partial charge in [0.2, 0.25) is 11.8 Å². The van der Waals surface area contributed by atoms with E-state index in [1.807, 2.05) is 24.3 Å². The van der Waals surface area contributed by atoms with Crippen LogP contribution in [0.15, 0.2) is 33.2 Å². The van der Waals surface area contributed by atoms with E-state index in [0.29, 0.717) is 5.89 Å². The summed E-state index contributed by atoms with van der Waals surface area (Å²) in [4.78, 5) is 0. The van der Waals surface area contributed by atoms with E-state index < -0.39 is 5.60 Å². The van der Waals surface area contributed by atoms with Gasteiger partial charge in [0.1, 0.15) is 5.60 Å². The zero-order valence-corrected chi connectivity index (χ0v) is 10.5. The van der Waals surface area contributed by atoms with E-state index in [-0.39, 0.29) is 5.89 Å². The molecule has 0 saturated heterocycles. The van der Waals surface area contributed by atoms with Crippen molar-refractivity contribution in [3.05, 3.63) is 34.6 Å². The molecule has 0 amide bonds. The lowest BCUT2D eigenvalue weighted by atomic mass is 10.1. The van der Waals surface area contributed by atoms with E-state index >= 15 is 0 Å². The van der Waals surface area contributed by atoms with Gasteiger partial charge in [-0.3, -0.25) is 0 Å². The second-order valence-corrected chi connectivity index (χ2v) is 4.89. The third kappa shape index (κ3) is 2.31. The first kappa shape index (κ1) is 11.3. The maximum atomic E-state index is 9.69. The third-order valence-electron chi connectivity index (χ3n) is 2.04. The molecule has 1 aromatic heterocycles. The molecular formula is C11H11BrN2O2. The van der Waals surface area contributed by atoms with Crippen molar-refractivity contribution in [3.63, 3.8) is 0 Å². The Morgan fingerprint density at radius 3 is 2.31 bits per heavy atom. The molecule has 2 rings (SSSR count). The zero-order chi connectivity index (χ0) is 11.8. The summed E-state index contributed by atoms with van der Waals surface area (Å²) < 4.78 is 6.37. The van der Waals surface area contributed by atoms with Crippen LogP contribution < -0.4 is 0 Å². The average Bonchev–Trinajstić information content (AvgIpc) is 2.67. The highest BCUT2D eigenvalue weighted by molar-refractivity contribution is 9.10. The number of hydrogen-bond donors (Lipinski definition) is 1. The number of rotatable bonds is 2. The lowest BCUT2D eigenvalue weighted by Gasteiger charge is -2.09. The van der Waals surface area contributed by atoms with E-state index in [1.54, 1.807) is 13.8 Å². The summed E-state index contributed by atoms with van der Waals surface area (Å²) in [7, 11) is 0. The van der Waals surface area contributed by atoms with Gasteiger partial charge in [0, 0.05) is 10.0 Å². The lowest BCUT2D eigenvalue weighted by Crippen LogP contribution is -2.15. The topological polar surface area (TPSA) is 59.2 Å². The van der Waals surface area contributed by atoms with Crippen LogP contribution in [-0.2, 0) is 5.60 Å². The van der Waals surface area contributed by atoms with Gasteiger partial charge >= 0.3 is 0 Å². The number of benzene rings is 1. The average molecular weight is 283 g/mol. The summed E-state index contributed by atoms with van der Waals surface area (Å²) in [6, 6.07) is 7.52. The Labute approximate surface area is 101 Å². The largest absolute Gasteiger partial charge is 0.418 e. The maximum absolute atomic E-state index is 9.69. The second-order valence-electron chi connectivity index (χ2n) is 3.98. The Morgan fingerprint density at radius 1 is 1.19 bits per heavy atom. The minimum Gasteiger partial charge on any atom is -0.418 e. The molecule has 0 bridgehead atoms. The fourth-order valence-electron chi connectivity index (χ4n) is 1.18. The van der Waals surface area contributed by atoms with Gasteiger partial charge in [0.05, 0.1) is 0 Å². The Morgan fingerprint density at radius 2 is 1.81 bits per heavy atom. The summed E-state index contributed by atoms with van der Waals surface area (Å²) >= 11 is 3.35. The van der Waals surface area contributed by atoms with E-state index in [1.165, 1.54) is 0 Å². The molecule has 4 nitrogen and oxygen atoms in total. The molecule has 0 aliphatic rings. The first-order valence-electron chi connectivity index (χ1n) is 4.79. The molecule has 5 heteroatoms. The van der Waals surface area contributed by atoms with Gasteiger partial charge in [-0.25, -0.2) is 0 Å². The third-order valence-corrected chi connectivity index (χ3v) is 2.57. The van der Waals surface area contributed by atoms with Crippen molar-refractivity contribution in [3.8, 4) is 11.5 Å². The fraction of sp³-hybridized carbons (Fsp3) is 0.273. The number of hydrogen-bond acceptors (Lipinski definition) is 4. The minimum atomic E-state index is -1.11. The molecular weight excluding hydrogens is 272 g/mol. The molecule has 1 N–H and O–H groups in total. The standard InChI is InChI=1S/C11H11BrN2O2/c1-11(2,15)10-14-13-9(16-10)7-3-5-8(12)6-4-7/h3-6,15H,1-2H3. The number of aliphatic hydroxyl groups is 1. The number of halogens is 1. The predicted molar refractivity (Wildman–Crippen MR) is 62.7 cm³/mol. The highest BCUT2D eigenvalue weighted by atomic mass is 79.9. The monoisotopic (exact) mass is 282 g/mol. The fourth-order valence-corrected chi connectivity index (χ4v) is 1.44. The van der Waals surface area contributed by atoms with Gasteiger partial charge < -0.3 is 9.52 Å². The minimum absolute atomic E-state index is 0.213. The van der Waals surface area contributed by atoms with Crippen molar-refractivity contribution in [1.82, 2.24) is 10.2 Å². The predicted octanol–water partition coefficient (Wildman–Crippen LogP) is 2.73. The molecule has 84 valence electrons. The van der Waals surface area contributed by atoms with E-state index in [0.717, 1.165) is 10.0 Å². The molecule has 0 unspecified atom stereocenters. The van der Waals surface area contributed by atoms with Crippen LogP contribution in [0.3, 0.4) is 0 Å². The Bertz CT molecular complexity index is 485. The van der Waals surface area contributed by atoms with Gasteiger partial charge in [0.25, 0.3) is 0 Å². The van der Waals surface area contributed by atoms with Crippen LogP contribution in [0.25, 0.3) is 11.5 Å². The first-order chi connectivity index (χ1) is 7.47. The molecule has 1 heterocycles. The van der Waals surface area contributed by atoms with Gasteiger partial charge in [0.15, 0.2) is 0 Å². The van der Waals surface area contributed by atoms with Crippen LogP contribution in [0, 0.1) is 0 Å². The normalized spacial score (nSPS) is 11.8. The van der Waals surface area contributed by atoms with Crippen LogP contribution in [-0.4, -0.2) is 15.3 Å². The van der Waals surface area contributed by atoms with Crippen LogP contribution in [0.1, 0.15) is 19.7 Å². The van der Waals surface area contributed by atoms with Crippen LogP contribution in [0.5, 0.6) is 0 Å². The van der Waals surface area contributed by atoms with Crippen LogP contribution in [0.2, 0.25) is 0 Å². The zero-order valence-electron chi connectivity index (χ0n) is 8.94. The van der Waals surface area contributed by atoms with Crippen LogP contribution >= 0.6 is 15.9 Å². The second kappa shape index (κ2) is 3.99. The highest BCUT2D eigenvalue weighted by Gasteiger charge is 2.23. The molecule has 16 heavy (non-hydrogen) atoms. The van der Waals surface area contributed by atoms with Gasteiger partial charge in [-0.15, -0.1) is 10.2 Å². The smallest absolute Gasteiger partial charge is 0.247 e. The summed E-state index contributed by atoms with van der Waals surface area (Å²) in [6.07, 6.45) is 0. The van der Waals surface area contributed by atoms with Gasteiger partial charge in [-0.2, -0.15) is 0 Å². The van der Waals surface area contributed by atoms with Crippen molar-refractivity contribution in [2.45, 2.75) is 19.4 Å². The molecule has 0 aliphatic carbocycles. The van der Waals surface area contributed by atoms with E-state index in [9.17, 15) is 5.11 Å². The molecule has 0 atom stereocenters. The number of nitrogens with zero attached hydrogens (tertiary/aromatic N) is 2. The maximum Gasteiger partial charge on any atom is 0.247 e. The molecule has 0 radical (unpaired) electrons. The molecule has 2 aromatic rings. The van der Waals surface area contributed by atoms with Crippen molar-refractivity contribution >= 4 is 15.9 Å². The Balaban J connectivity index is 2.35. The lowest BCUT2D eigenvalue weighted by molar-refractivity contribution is 0.0488. The van der Waals surface area contributed by atoms with Gasteiger partial charge in [-0.05, 0) is 38.1 Å². The summed E-state index contributed by atoms with van der Waals surface area (Å²) in [5, 5.41) is 17.4. The quantitative estimate of drug-likeness (QED) is 0.920. The molecule has 0 aliphatic heterocycles. The van der Waals surface area contributed by atoms with Gasteiger partial charge in [-0.1, -0.05) is 15.9 Å². The van der Waals surface area contributed by atoms with Crippen LogP contribution in [0.4, 0.5) is 0 Å². The highest BCUT2D eigenvalue weighted by Crippen LogP contribution is 2.24. The summed E-state index contributed by atoms with van der Waals surface area (Å²) in [6.45, 7) is 3.21. The Kier molecular flexibility index (Phi) is 2.82. The Hall–Kier alpha value is -1.20. The van der Waals surface area contributed by atoms with Crippen molar-refractivity contribution < 1.29 is 9.52 Å². The molecule has 0 fully saturated rings. The van der Waals surface area contributed by atoms with Crippen molar-refractivity contribution in [2.75, 3.05) is 0 Å².